The van der Waals surface area contributed by atoms with Crippen LogP contribution in [-0.2, 0) is 6.54 Å². The number of hydrogen-bond acceptors (Lipinski definition) is 6. The summed E-state index contributed by atoms with van der Waals surface area (Å²) >= 11 is 0. The number of aryl methyl sites for hydroxylation is 1. The van der Waals surface area contributed by atoms with Crippen molar-refractivity contribution in [2.24, 2.45) is 5.10 Å². The zero-order valence-electron chi connectivity index (χ0n) is 19.4. The van der Waals surface area contributed by atoms with Gasteiger partial charge in [-0.3, -0.25) is 14.9 Å². The van der Waals surface area contributed by atoms with Gasteiger partial charge in [-0.05, 0) is 50.6 Å². The first-order valence-electron chi connectivity index (χ1n) is 10.9. The highest BCUT2D eigenvalue weighted by Crippen LogP contribution is 2.22. The molecule has 0 aliphatic heterocycles. The number of amides is 1. The van der Waals surface area contributed by atoms with E-state index in [9.17, 15) is 14.3 Å². The van der Waals surface area contributed by atoms with Gasteiger partial charge >= 0.3 is 0 Å². The summed E-state index contributed by atoms with van der Waals surface area (Å²) in [6.45, 7) is 5.97. The molecule has 2 unspecified atom stereocenters. The number of anilines is 1. The van der Waals surface area contributed by atoms with Crippen LogP contribution >= 0.6 is 0 Å². The second-order valence-electron chi connectivity index (χ2n) is 8.22. The molecule has 3 aromatic rings. The molecule has 0 radical (unpaired) electrons. The second kappa shape index (κ2) is 11.3. The predicted octanol–water partition coefficient (Wildman–Crippen LogP) is 3.96. The van der Waals surface area contributed by atoms with Crippen molar-refractivity contribution in [1.29, 1.82) is 5.41 Å². The number of aromatic nitrogens is 2. The Balaban J connectivity index is 1.84. The average Bonchev–Trinajstić information content (AvgIpc) is 3.26. The van der Waals surface area contributed by atoms with E-state index in [-0.39, 0.29) is 24.3 Å². The Hall–Kier alpha value is -3.85. The van der Waals surface area contributed by atoms with Gasteiger partial charge in [0.1, 0.15) is 5.82 Å². The van der Waals surface area contributed by atoms with Crippen molar-refractivity contribution in [1.82, 2.24) is 14.7 Å². The molecule has 0 spiro atoms. The summed E-state index contributed by atoms with van der Waals surface area (Å²) in [7, 11) is 0. The molecular weight excluding hydrogens is 435 g/mol. The molecule has 0 aliphatic carbocycles. The molecule has 2 aromatic carbocycles. The number of aliphatic hydroxyl groups is 1. The Morgan fingerprint density at radius 3 is 2.68 bits per heavy atom. The molecule has 178 valence electrons. The second-order valence-corrected chi connectivity index (χ2v) is 8.22. The molecule has 0 bridgehead atoms. The van der Waals surface area contributed by atoms with Crippen LogP contribution in [0.4, 0.5) is 10.1 Å². The van der Waals surface area contributed by atoms with Crippen LogP contribution in [0.5, 0.6) is 0 Å². The highest BCUT2D eigenvalue weighted by molar-refractivity contribution is 6.14. The highest BCUT2D eigenvalue weighted by atomic mass is 19.1. The molecule has 1 amide bonds. The van der Waals surface area contributed by atoms with E-state index < -0.39 is 6.10 Å². The van der Waals surface area contributed by atoms with Crippen LogP contribution in [0, 0.1) is 18.2 Å². The fraction of sp³-hybridized carbons (Fsp3) is 0.280. The number of nitrogens with one attached hydrogen (secondary N) is 2. The van der Waals surface area contributed by atoms with E-state index in [1.54, 1.807) is 47.0 Å². The van der Waals surface area contributed by atoms with Gasteiger partial charge in [-0.15, -0.1) is 0 Å². The van der Waals surface area contributed by atoms with E-state index in [0.29, 0.717) is 17.8 Å². The van der Waals surface area contributed by atoms with E-state index in [2.05, 4.69) is 15.6 Å². The largest absolute Gasteiger partial charge is 0.392 e. The molecule has 34 heavy (non-hydrogen) atoms. The van der Waals surface area contributed by atoms with Gasteiger partial charge in [0.25, 0.3) is 5.91 Å². The minimum absolute atomic E-state index is 0.142. The third-order valence-corrected chi connectivity index (χ3v) is 5.26. The van der Waals surface area contributed by atoms with Gasteiger partial charge in [0.15, 0.2) is 0 Å². The summed E-state index contributed by atoms with van der Waals surface area (Å²) < 4.78 is 15.0. The summed E-state index contributed by atoms with van der Waals surface area (Å²) in [5, 5.41) is 25.5. The average molecular weight is 465 g/mol. The van der Waals surface area contributed by atoms with Crippen molar-refractivity contribution in [3.05, 3.63) is 71.8 Å². The lowest BCUT2D eigenvalue weighted by Gasteiger charge is -2.31. The third kappa shape index (κ3) is 6.35. The quantitative estimate of drug-likeness (QED) is 0.312. The van der Waals surface area contributed by atoms with Crippen LogP contribution < -0.4 is 5.43 Å². The highest BCUT2D eigenvalue weighted by Gasteiger charge is 2.25. The van der Waals surface area contributed by atoms with Gasteiger partial charge in [0.05, 0.1) is 36.3 Å². The number of halogens is 1. The van der Waals surface area contributed by atoms with Crippen molar-refractivity contribution in [2.75, 3.05) is 12.0 Å². The fourth-order valence-electron chi connectivity index (χ4n) is 3.60. The molecule has 0 aliphatic rings. The number of carbonyl (C=O) groups excluding carboxylic acids is 1. The number of hydrogen-bond donors (Lipinski definition) is 3. The number of benzene rings is 2. The fourth-order valence-corrected chi connectivity index (χ4v) is 3.60. The van der Waals surface area contributed by atoms with Gasteiger partial charge in [0.2, 0.25) is 0 Å². The summed E-state index contributed by atoms with van der Waals surface area (Å²) in [5.41, 5.74) is 6.33. The summed E-state index contributed by atoms with van der Waals surface area (Å²) in [6.07, 6.45) is 5.14. The van der Waals surface area contributed by atoms with E-state index in [4.69, 9.17) is 5.41 Å². The lowest BCUT2D eigenvalue weighted by molar-refractivity contribution is 0.0536. The smallest absolute Gasteiger partial charge is 0.256 e. The van der Waals surface area contributed by atoms with Crippen LogP contribution in [0.3, 0.4) is 0 Å². The first kappa shape index (κ1) is 24.8. The monoisotopic (exact) mass is 464 g/mol. The minimum atomic E-state index is -0.726. The zero-order valence-corrected chi connectivity index (χ0v) is 19.4. The maximum atomic E-state index is 13.6. The number of hydrazone groups is 1. The summed E-state index contributed by atoms with van der Waals surface area (Å²) in [6, 6.07) is 11.3. The van der Waals surface area contributed by atoms with Gasteiger partial charge < -0.3 is 15.4 Å². The van der Waals surface area contributed by atoms with Crippen molar-refractivity contribution in [2.45, 2.75) is 39.5 Å². The topological polar surface area (TPSA) is 107 Å². The number of aliphatic hydroxyl groups excluding tert-OH is 1. The van der Waals surface area contributed by atoms with E-state index in [1.165, 1.54) is 18.3 Å². The Kier molecular flexibility index (Phi) is 8.26. The van der Waals surface area contributed by atoms with Crippen LogP contribution in [-0.4, -0.2) is 56.8 Å². The van der Waals surface area contributed by atoms with Crippen molar-refractivity contribution >= 4 is 24.0 Å². The Morgan fingerprint density at radius 1 is 1.26 bits per heavy atom. The molecule has 8 nitrogen and oxygen atoms in total. The maximum absolute atomic E-state index is 13.6. The normalized spacial score (nSPS) is 13.0. The Labute approximate surface area is 198 Å². The molecule has 2 atom stereocenters. The van der Waals surface area contributed by atoms with E-state index >= 15 is 0 Å². The van der Waals surface area contributed by atoms with E-state index in [1.807, 2.05) is 26.1 Å². The third-order valence-electron chi connectivity index (χ3n) is 5.26. The van der Waals surface area contributed by atoms with Crippen molar-refractivity contribution < 1.29 is 14.3 Å². The van der Waals surface area contributed by atoms with Crippen LogP contribution in [0.15, 0.2) is 60.0 Å². The summed E-state index contributed by atoms with van der Waals surface area (Å²) in [4.78, 5) is 15.2. The standard InChI is InChI=1S/C25H29FN6O2/c1-17-4-9-24(30-28-11-10-27)23(12-17)25(34)32(15-19(3)33)18(2)14-31-16-21(13-29-31)20-5-7-22(26)8-6-20/h4-13,16,18-19,27,30,33H,14-15H2,1-3H3/b27-10?,28-11-. The molecular formula is C25H29FN6O2. The van der Waals surface area contributed by atoms with Gasteiger partial charge in [-0.1, -0.05) is 23.8 Å². The van der Waals surface area contributed by atoms with Gasteiger partial charge in [-0.2, -0.15) is 10.2 Å². The number of rotatable bonds is 10. The molecule has 3 rings (SSSR count). The molecule has 9 heteroatoms. The van der Waals surface area contributed by atoms with Crippen molar-refractivity contribution in [3.8, 4) is 11.1 Å². The molecule has 3 N–H and O–H groups in total. The van der Waals surface area contributed by atoms with E-state index in [0.717, 1.165) is 22.9 Å². The van der Waals surface area contributed by atoms with Crippen molar-refractivity contribution in [3.63, 3.8) is 0 Å². The van der Waals surface area contributed by atoms with Crippen LogP contribution in [0.1, 0.15) is 29.8 Å². The van der Waals surface area contributed by atoms with Crippen LogP contribution in [0.2, 0.25) is 0 Å². The summed E-state index contributed by atoms with van der Waals surface area (Å²) in [5.74, 6) is -0.555. The molecule has 0 saturated heterocycles. The molecule has 0 fully saturated rings. The SMILES string of the molecule is Cc1ccc(N/N=C\C=N)c(C(=O)N(CC(C)O)C(C)Cn2cc(-c3ccc(F)cc3)cn2)c1. The maximum Gasteiger partial charge on any atom is 0.256 e. The first-order valence-corrected chi connectivity index (χ1v) is 10.9. The lowest BCUT2D eigenvalue weighted by atomic mass is 10.1. The Bertz CT molecular complexity index is 1160. The van der Waals surface area contributed by atoms with Gasteiger partial charge in [0, 0.05) is 30.6 Å². The van der Waals surface area contributed by atoms with Gasteiger partial charge in [-0.25, -0.2) is 4.39 Å². The first-order chi connectivity index (χ1) is 16.3. The lowest BCUT2D eigenvalue weighted by Crippen LogP contribution is -2.44. The molecule has 1 aromatic heterocycles. The predicted molar refractivity (Wildman–Crippen MR) is 132 cm³/mol. The number of nitrogens with zero attached hydrogens (tertiary/aromatic N) is 4. The Morgan fingerprint density at radius 2 is 2.00 bits per heavy atom. The molecule has 0 saturated carbocycles. The van der Waals surface area contributed by atoms with Crippen LogP contribution in [0.25, 0.3) is 11.1 Å². The molecule has 1 heterocycles. The zero-order chi connectivity index (χ0) is 24.7. The minimum Gasteiger partial charge on any atom is -0.392 e. The number of carbonyl (C=O) groups is 1.